The third-order valence-electron chi connectivity index (χ3n) is 5.11. The number of hydrogen-bond acceptors (Lipinski definition) is 3. The molecular formula is C21H23N3. The minimum absolute atomic E-state index is 0.730. The first kappa shape index (κ1) is 15.3. The Morgan fingerprint density at radius 2 is 1.92 bits per heavy atom. The quantitative estimate of drug-likeness (QED) is 0.717. The maximum atomic E-state index is 4.86. The van der Waals surface area contributed by atoms with Crippen molar-refractivity contribution in [2.24, 2.45) is 0 Å². The van der Waals surface area contributed by atoms with Crippen molar-refractivity contribution in [3.63, 3.8) is 0 Å². The number of likely N-dealkylation sites (tertiary alicyclic amines) is 1. The second-order valence-electron chi connectivity index (χ2n) is 6.72. The number of benzene rings is 1. The molecule has 0 spiro atoms. The van der Waals surface area contributed by atoms with Gasteiger partial charge >= 0.3 is 0 Å². The van der Waals surface area contributed by atoms with Gasteiger partial charge in [0.05, 0.1) is 5.52 Å². The van der Waals surface area contributed by atoms with Crippen molar-refractivity contribution in [1.82, 2.24) is 14.9 Å². The van der Waals surface area contributed by atoms with Crippen molar-refractivity contribution >= 4 is 10.9 Å². The molecule has 2 aromatic heterocycles. The summed E-state index contributed by atoms with van der Waals surface area (Å²) in [5.74, 6) is 0. The summed E-state index contributed by atoms with van der Waals surface area (Å²) in [6.45, 7) is 4.69. The molecule has 0 saturated carbocycles. The van der Waals surface area contributed by atoms with Crippen LogP contribution in [0.15, 0.2) is 54.9 Å². The molecule has 3 nitrogen and oxygen atoms in total. The summed E-state index contributed by atoms with van der Waals surface area (Å²) < 4.78 is 0. The molecule has 0 unspecified atom stereocenters. The number of hydrogen-bond donors (Lipinski definition) is 0. The Hall–Kier alpha value is -2.26. The molecular weight excluding hydrogens is 294 g/mol. The molecule has 1 aliphatic heterocycles. The van der Waals surface area contributed by atoms with E-state index in [0.29, 0.717) is 0 Å². The fourth-order valence-corrected chi connectivity index (χ4v) is 3.61. The molecule has 3 heterocycles. The minimum Gasteiger partial charge on any atom is -0.300 e. The molecule has 122 valence electrons. The molecule has 0 radical (unpaired) electrons. The number of nitrogens with zero attached hydrogens (tertiary/aromatic N) is 3. The van der Waals surface area contributed by atoms with Crippen molar-refractivity contribution in [2.75, 3.05) is 13.1 Å². The Balaban J connectivity index is 1.53. The minimum atomic E-state index is 0.730. The molecule has 3 aromatic rings. The lowest BCUT2D eigenvalue weighted by atomic mass is 10.0. The summed E-state index contributed by atoms with van der Waals surface area (Å²) in [4.78, 5) is 11.5. The van der Waals surface area contributed by atoms with Gasteiger partial charge in [-0.15, -0.1) is 0 Å². The van der Waals surface area contributed by atoms with Gasteiger partial charge in [0.15, 0.2) is 0 Å². The van der Waals surface area contributed by atoms with Crippen molar-refractivity contribution in [1.29, 1.82) is 0 Å². The summed E-state index contributed by atoms with van der Waals surface area (Å²) >= 11 is 0. The van der Waals surface area contributed by atoms with E-state index in [-0.39, 0.29) is 0 Å². The Kier molecular flexibility index (Phi) is 4.26. The third-order valence-corrected chi connectivity index (χ3v) is 5.11. The molecule has 0 bridgehead atoms. The van der Waals surface area contributed by atoms with Crippen LogP contribution in [0.25, 0.3) is 22.0 Å². The summed E-state index contributed by atoms with van der Waals surface area (Å²) in [5.41, 5.74) is 4.68. The van der Waals surface area contributed by atoms with Crippen LogP contribution >= 0.6 is 0 Å². The molecule has 1 fully saturated rings. The fraction of sp³-hybridized carbons (Fsp3) is 0.333. The normalized spacial score (nSPS) is 18.3. The zero-order valence-corrected chi connectivity index (χ0v) is 14.2. The Bertz CT molecular complexity index is 829. The number of pyridine rings is 2. The van der Waals surface area contributed by atoms with Gasteiger partial charge in [0.1, 0.15) is 0 Å². The fourth-order valence-electron chi connectivity index (χ4n) is 3.61. The highest BCUT2D eigenvalue weighted by Crippen LogP contribution is 2.23. The van der Waals surface area contributed by atoms with Crippen LogP contribution in [0.4, 0.5) is 0 Å². The van der Waals surface area contributed by atoms with Gasteiger partial charge in [0.2, 0.25) is 0 Å². The second-order valence-corrected chi connectivity index (χ2v) is 6.72. The van der Waals surface area contributed by atoms with Gasteiger partial charge < -0.3 is 4.90 Å². The highest BCUT2D eigenvalue weighted by molar-refractivity contribution is 5.84. The number of rotatable bonds is 4. The van der Waals surface area contributed by atoms with Gasteiger partial charge in [0.25, 0.3) is 0 Å². The maximum absolute atomic E-state index is 4.86. The van der Waals surface area contributed by atoms with Gasteiger partial charge in [-0.05, 0) is 67.8 Å². The van der Waals surface area contributed by atoms with E-state index in [2.05, 4.69) is 47.1 Å². The Morgan fingerprint density at radius 1 is 1.04 bits per heavy atom. The summed E-state index contributed by atoms with van der Waals surface area (Å²) in [5, 5.41) is 1.20. The van der Waals surface area contributed by atoms with E-state index >= 15 is 0 Å². The summed E-state index contributed by atoms with van der Waals surface area (Å²) in [7, 11) is 0. The predicted molar refractivity (Wildman–Crippen MR) is 98.9 cm³/mol. The first-order valence-electron chi connectivity index (χ1n) is 8.84. The smallest absolute Gasteiger partial charge is 0.0705 e. The summed E-state index contributed by atoms with van der Waals surface area (Å²) in [6.07, 6.45) is 7.37. The van der Waals surface area contributed by atoms with Gasteiger partial charge in [-0.25, -0.2) is 0 Å². The zero-order chi connectivity index (χ0) is 16.4. The van der Waals surface area contributed by atoms with Crippen LogP contribution in [-0.4, -0.2) is 34.0 Å². The van der Waals surface area contributed by atoms with Gasteiger partial charge in [0, 0.05) is 42.5 Å². The molecule has 1 aliphatic rings. The lowest BCUT2D eigenvalue weighted by molar-refractivity contribution is 0.271. The van der Waals surface area contributed by atoms with Crippen molar-refractivity contribution in [2.45, 2.75) is 32.2 Å². The van der Waals surface area contributed by atoms with E-state index in [1.54, 1.807) is 0 Å². The standard InChI is InChI=1S/C21H23N3/c1-16-3-2-13-24(16)14-10-20-6-4-19-15-18(5-7-21(19)23-20)17-8-11-22-12-9-17/h4-9,11-12,15-16H,2-3,10,13-14H2,1H3/t16-/m1/s1. The van der Waals surface area contributed by atoms with Gasteiger partial charge in [-0.3, -0.25) is 9.97 Å². The van der Waals surface area contributed by atoms with Crippen molar-refractivity contribution in [3.05, 3.63) is 60.6 Å². The van der Waals surface area contributed by atoms with Crippen LogP contribution in [0, 0.1) is 0 Å². The highest BCUT2D eigenvalue weighted by Gasteiger charge is 2.19. The first-order chi connectivity index (χ1) is 11.8. The van der Waals surface area contributed by atoms with E-state index in [1.807, 2.05) is 24.5 Å². The summed E-state index contributed by atoms with van der Waals surface area (Å²) in [6, 6.07) is 15.7. The molecule has 0 amide bonds. The Labute approximate surface area is 143 Å². The van der Waals surface area contributed by atoms with Crippen LogP contribution in [-0.2, 0) is 6.42 Å². The van der Waals surface area contributed by atoms with Crippen LogP contribution in [0.5, 0.6) is 0 Å². The molecule has 1 aromatic carbocycles. The lowest BCUT2D eigenvalue weighted by Gasteiger charge is -2.20. The molecule has 4 rings (SSSR count). The third kappa shape index (κ3) is 3.17. The van der Waals surface area contributed by atoms with Gasteiger partial charge in [-0.2, -0.15) is 0 Å². The van der Waals surface area contributed by atoms with Crippen molar-refractivity contribution in [3.8, 4) is 11.1 Å². The van der Waals surface area contributed by atoms with Crippen LogP contribution in [0.2, 0.25) is 0 Å². The number of fused-ring (bicyclic) bond motifs is 1. The molecule has 3 heteroatoms. The van der Waals surface area contributed by atoms with E-state index in [0.717, 1.165) is 24.5 Å². The average Bonchev–Trinajstić information content (AvgIpc) is 3.05. The average molecular weight is 317 g/mol. The number of aromatic nitrogens is 2. The second kappa shape index (κ2) is 6.70. The molecule has 0 N–H and O–H groups in total. The van der Waals surface area contributed by atoms with E-state index < -0.39 is 0 Å². The topological polar surface area (TPSA) is 29.0 Å². The SMILES string of the molecule is C[C@@H]1CCCN1CCc1ccc2cc(-c3ccncc3)ccc2n1. The zero-order valence-electron chi connectivity index (χ0n) is 14.2. The van der Waals surface area contributed by atoms with E-state index in [4.69, 9.17) is 4.98 Å². The molecule has 0 aliphatic carbocycles. The van der Waals surface area contributed by atoms with Crippen LogP contribution in [0.3, 0.4) is 0 Å². The molecule has 1 saturated heterocycles. The highest BCUT2D eigenvalue weighted by atomic mass is 15.2. The van der Waals surface area contributed by atoms with Gasteiger partial charge in [-0.1, -0.05) is 12.1 Å². The maximum Gasteiger partial charge on any atom is 0.0705 e. The van der Waals surface area contributed by atoms with E-state index in [9.17, 15) is 0 Å². The first-order valence-corrected chi connectivity index (χ1v) is 8.84. The lowest BCUT2D eigenvalue weighted by Crippen LogP contribution is -2.29. The molecule has 24 heavy (non-hydrogen) atoms. The van der Waals surface area contributed by atoms with Crippen molar-refractivity contribution < 1.29 is 0 Å². The Morgan fingerprint density at radius 3 is 2.71 bits per heavy atom. The molecule has 1 atom stereocenters. The predicted octanol–water partition coefficient (Wildman–Crippen LogP) is 4.32. The van der Waals surface area contributed by atoms with E-state index in [1.165, 1.54) is 41.6 Å². The van der Waals surface area contributed by atoms with Crippen LogP contribution in [0.1, 0.15) is 25.5 Å². The largest absolute Gasteiger partial charge is 0.300 e. The van der Waals surface area contributed by atoms with Crippen LogP contribution < -0.4 is 0 Å². The monoisotopic (exact) mass is 317 g/mol.